The number of nitrogens with zero attached hydrogens (tertiary/aromatic N) is 5. The lowest BCUT2D eigenvalue weighted by molar-refractivity contribution is -0.147. The van der Waals surface area contributed by atoms with Crippen molar-refractivity contribution in [1.29, 1.82) is 5.26 Å². The van der Waals surface area contributed by atoms with Gasteiger partial charge >= 0.3 is 6.18 Å². The second-order valence-electron chi connectivity index (χ2n) is 9.96. The number of anilines is 1. The molecule has 1 N–H and O–H groups in total. The number of nitrogens with one attached hydrogen (secondary N) is 1. The fourth-order valence-corrected chi connectivity index (χ4v) is 5.92. The van der Waals surface area contributed by atoms with Crippen LogP contribution in [0.25, 0.3) is 22.4 Å². The number of hydrogen-bond acceptors (Lipinski definition) is 6. The fourth-order valence-electron chi connectivity index (χ4n) is 4.75. The summed E-state index contributed by atoms with van der Waals surface area (Å²) >= 11 is 0. The second kappa shape index (κ2) is 10.6. The van der Waals surface area contributed by atoms with Crippen LogP contribution in [-0.2, 0) is 16.6 Å². The number of pyridine rings is 2. The summed E-state index contributed by atoms with van der Waals surface area (Å²) in [5, 5.41) is 10.9. The lowest BCUT2D eigenvalue weighted by atomic mass is 9.92. The summed E-state index contributed by atoms with van der Waals surface area (Å²) in [6, 6.07) is 14.6. The molecule has 3 heterocycles. The minimum Gasteiger partial charge on any atom is -0.369 e. The zero-order valence-electron chi connectivity index (χ0n) is 21.9. The first-order valence-corrected chi connectivity index (χ1v) is 14.2. The molecule has 0 saturated heterocycles. The minimum absolute atomic E-state index is 0.0968. The van der Waals surface area contributed by atoms with E-state index in [-0.39, 0.29) is 6.04 Å². The van der Waals surface area contributed by atoms with E-state index in [4.69, 9.17) is 4.98 Å². The van der Waals surface area contributed by atoms with Gasteiger partial charge in [-0.1, -0.05) is 30.3 Å². The molecule has 1 unspecified atom stereocenters. The van der Waals surface area contributed by atoms with Crippen LogP contribution in [0.2, 0.25) is 0 Å². The molecule has 1 aliphatic rings. The van der Waals surface area contributed by atoms with Gasteiger partial charge in [-0.2, -0.15) is 23.2 Å². The number of rotatable bonds is 8. The number of fused-ring (bicyclic) bond motifs is 1. The molecule has 4 aromatic rings. The molecule has 1 fully saturated rings. The lowest BCUT2D eigenvalue weighted by Crippen LogP contribution is -2.42. The van der Waals surface area contributed by atoms with E-state index in [0.29, 0.717) is 34.5 Å². The molecule has 0 bridgehead atoms. The molecule has 1 saturated carbocycles. The van der Waals surface area contributed by atoms with Gasteiger partial charge < -0.3 is 9.47 Å². The zero-order valence-corrected chi connectivity index (χ0v) is 22.7. The van der Waals surface area contributed by atoms with Crippen LogP contribution in [0.1, 0.15) is 43.4 Å². The van der Waals surface area contributed by atoms with Gasteiger partial charge in [0.05, 0.1) is 28.8 Å². The Kier molecular flexibility index (Phi) is 7.29. The third kappa shape index (κ3) is 5.26. The number of alkyl halides is 3. The second-order valence-corrected chi connectivity index (χ2v) is 11.7. The molecule has 40 heavy (non-hydrogen) atoms. The maximum absolute atomic E-state index is 12.9. The molecule has 1 aromatic carbocycles. The highest BCUT2D eigenvalue weighted by Gasteiger charge is 2.39. The summed E-state index contributed by atoms with van der Waals surface area (Å²) in [6.45, 7) is 1.37. The first-order valence-electron chi connectivity index (χ1n) is 12.7. The van der Waals surface area contributed by atoms with Gasteiger partial charge in [0.2, 0.25) is 10.0 Å². The van der Waals surface area contributed by atoms with E-state index in [1.54, 1.807) is 10.9 Å². The number of sulfonamides is 1. The normalized spacial score (nSPS) is 15.0. The maximum Gasteiger partial charge on any atom is 0.404 e. The predicted octanol–water partition coefficient (Wildman–Crippen LogP) is 5.56. The molecule has 208 valence electrons. The number of aromatic nitrogens is 3. The van der Waals surface area contributed by atoms with Gasteiger partial charge in [0.15, 0.2) is 0 Å². The molecule has 3 aromatic heterocycles. The van der Waals surface area contributed by atoms with Crippen molar-refractivity contribution in [2.24, 2.45) is 0 Å². The summed E-state index contributed by atoms with van der Waals surface area (Å²) in [7, 11) is -2.52. The molecule has 0 radical (unpaired) electrons. The van der Waals surface area contributed by atoms with Crippen LogP contribution in [-0.4, -0.2) is 42.2 Å². The summed E-state index contributed by atoms with van der Waals surface area (Å²) in [6.07, 6.45) is 0.860. The Morgan fingerprint density at radius 2 is 1.88 bits per heavy atom. The van der Waals surface area contributed by atoms with E-state index in [9.17, 15) is 26.9 Å². The molecular weight excluding hydrogens is 541 g/mol. The van der Waals surface area contributed by atoms with Crippen LogP contribution >= 0.6 is 0 Å². The van der Waals surface area contributed by atoms with Crippen molar-refractivity contribution in [3.63, 3.8) is 0 Å². The SMILES string of the molecule is CC(NS(=O)(=O)c1ccc(-c2c(C#N)c3cc(N(C)Cc4ccccc4)cnc3n2C2CCC2)nc1)C(F)(F)F. The molecule has 0 amide bonds. The van der Waals surface area contributed by atoms with Crippen molar-refractivity contribution in [1.82, 2.24) is 19.3 Å². The van der Waals surface area contributed by atoms with Gasteiger partial charge in [-0.05, 0) is 49.9 Å². The van der Waals surface area contributed by atoms with Crippen molar-refractivity contribution < 1.29 is 21.6 Å². The van der Waals surface area contributed by atoms with Crippen LogP contribution in [0.5, 0.6) is 0 Å². The summed E-state index contributed by atoms with van der Waals surface area (Å²) in [4.78, 5) is 10.7. The molecule has 0 aliphatic heterocycles. The van der Waals surface area contributed by atoms with E-state index in [0.717, 1.165) is 43.6 Å². The van der Waals surface area contributed by atoms with Gasteiger partial charge in [-0.25, -0.2) is 13.4 Å². The van der Waals surface area contributed by atoms with E-state index >= 15 is 0 Å². The minimum atomic E-state index is -4.73. The first kappa shape index (κ1) is 27.6. The Balaban J connectivity index is 1.55. The summed E-state index contributed by atoms with van der Waals surface area (Å²) in [5.74, 6) is 0. The lowest BCUT2D eigenvalue weighted by Gasteiger charge is -2.29. The number of nitriles is 1. The van der Waals surface area contributed by atoms with Gasteiger partial charge in [0.1, 0.15) is 22.7 Å². The van der Waals surface area contributed by atoms with Gasteiger partial charge in [0.25, 0.3) is 0 Å². The van der Waals surface area contributed by atoms with E-state index in [2.05, 4.69) is 11.1 Å². The molecule has 5 rings (SSSR count). The number of halogens is 3. The standard InChI is InChI=1S/C28H27F3N6O2S/c1-18(28(29,30)31)35-40(38,39)22-11-12-25(33-16-22)26-24(14-32)23-13-21(36(2)17-19-7-4-3-5-8-19)15-34-27(23)37(26)20-9-6-10-20/h3-5,7-8,11-13,15-16,18,20,35H,6,9-10,17H2,1-2H3. The Bertz CT molecular complexity index is 1680. The molecule has 1 atom stereocenters. The van der Waals surface area contributed by atoms with Crippen molar-refractivity contribution in [2.45, 2.75) is 55.9 Å². The molecular formula is C28H27F3N6O2S. The topological polar surface area (TPSA) is 104 Å². The highest BCUT2D eigenvalue weighted by Crippen LogP contribution is 2.42. The van der Waals surface area contributed by atoms with Gasteiger partial charge in [-0.3, -0.25) is 4.98 Å². The monoisotopic (exact) mass is 568 g/mol. The van der Waals surface area contributed by atoms with Crippen LogP contribution < -0.4 is 9.62 Å². The largest absolute Gasteiger partial charge is 0.404 e. The van der Waals surface area contributed by atoms with Crippen molar-refractivity contribution >= 4 is 26.7 Å². The average Bonchev–Trinajstić information content (AvgIpc) is 3.20. The van der Waals surface area contributed by atoms with Crippen LogP contribution in [0.15, 0.2) is 65.8 Å². The maximum atomic E-state index is 12.9. The molecule has 0 spiro atoms. The van der Waals surface area contributed by atoms with Crippen molar-refractivity contribution in [2.75, 3.05) is 11.9 Å². The molecule has 8 nitrogen and oxygen atoms in total. The van der Waals surface area contributed by atoms with E-state index < -0.39 is 27.1 Å². The fraction of sp³-hybridized carbons (Fsp3) is 0.321. The third-order valence-corrected chi connectivity index (χ3v) is 8.72. The van der Waals surface area contributed by atoms with E-state index in [1.165, 1.54) is 12.1 Å². The molecule has 12 heteroatoms. The molecule has 1 aliphatic carbocycles. The van der Waals surface area contributed by atoms with Crippen molar-refractivity contribution in [3.05, 3.63) is 72.1 Å². The highest BCUT2D eigenvalue weighted by atomic mass is 32.2. The van der Waals surface area contributed by atoms with Crippen molar-refractivity contribution in [3.8, 4) is 17.5 Å². The van der Waals surface area contributed by atoms with E-state index in [1.807, 2.05) is 52.9 Å². The smallest absolute Gasteiger partial charge is 0.369 e. The average molecular weight is 569 g/mol. The number of benzene rings is 1. The Labute approximate surface area is 230 Å². The van der Waals surface area contributed by atoms with Crippen LogP contribution in [0.3, 0.4) is 0 Å². The Hall–Kier alpha value is -3.95. The predicted molar refractivity (Wildman–Crippen MR) is 145 cm³/mol. The van der Waals surface area contributed by atoms with Gasteiger partial charge in [-0.15, -0.1) is 0 Å². The summed E-state index contributed by atoms with van der Waals surface area (Å²) in [5.41, 5.74) is 3.78. The van der Waals surface area contributed by atoms with Gasteiger partial charge in [0, 0.05) is 31.2 Å². The highest BCUT2D eigenvalue weighted by molar-refractivity contribution is 7.89. The first-order chi connectivity index (χ1) is 19.0. The quantitative estimate of drug-likeness (QED) is 0.299. The number of hydrogen-bond donors (Lipinski definition) is 1. The van der Waals surface area contributed by atoms with Crippen LogP contribution in [0.4, 0.5) is 18.9 Å². The summed E-state index contributed by atoms with van der Waals surface area (Å²) < 4.78 is 67.5. The van der Waals surface area contributed by atoms with Crippen LogP contribution in [0, 0.1) is 11.3 Å². The Morgan fingerprint density at radius 1 is 1.15 bits per heavy atom. The third-order valence-electron chi connectivity index (χ3n) is 7.19. The Morgan fingerprint density at radius 3 is 2.45 bits per heavy atom. The zero-order chi connectivity index (χ0) is 28.7.